The molecule has 1 saturated heterocycles. The SMILES string of the molecule is CC1(C)OCC(O)(c2nc(CO[Si](C)(C)C(C)(C)C)c(S(=O)O)s2)CO1. The molecule has 150 valence electrons. The second-order valence-electron chi connectivity index (χ2n) is 8.56. The van der Waals surface area contributed by atoms with Gasteiger partial charge in [0.25, 0.3) is 0 Å². The first-order valence-electron chi connectivity index (χ1n) is 8.42. The summed E-state index contributed by atoms with van der Waals surface area (Å²) in [6, 6.07) is 0. The summed E-state index contributed by atoms with van der Waals surface area (Å²) in [5, 5.41) is 11.2. The minimum absolute atomic E-state index is 0.00749. The van der Waals surface area contributed by atoms with E-state index < -0.39 is 30.8 Å². The summed E-state index contributed by atoms with van der Waals surface area (Å²) < 4.78 is 38.8. The lowest BCUT2D eigenvalue weighted by Gasteiger charge is -2.39. The molecule has 1 aromatic rings. The van der Waals surface area contributed by atoms with Crippen molar-refractivity contribution >= 4 is 30.7 Å². The van der Waals surface area contributed by atoms with Crippen LogP contribution < -0.4 is 0 Å². The Bertz CT molecular complexity index is 673. The Kier molecular flexibility index (Phi) is 6.22. The Labute approximate surface area is 162 Å². The molecule has 1 aliphatic rings. The molecule has 1 atom stereocenters. The highest BCUT2D eigenvalue weighted by Crippen LogP contribution is 2.39. The van der Waals surface area contributed by atoms with Crippen LogP contribution in [0.5, 0.6) is 0 Å². The number of ether oxygens (including phenoxy) is 2. The zero-order chi connectivity index (χ0) is 20.0. The fourth-order valence-corrected chi connectivity index (χ4v) is 4.64. The van der Waals surface area contributed by atoms with Gasteiger partial charge < -0.3 is 23.6 Å². The maximum atomic E-state index is 11.7. The monoisotopic (exact) mass is 423 g/mol. The van der Waals surface area contributed by atoms with Gasteiger partial charge in [-0.1, -0.05) is 20.8 Å². The fourth-order valence-electron chi connectivity index (χ4n) is 2.02. The van der Waals surface area contributed by atoms with Crippen molar-refractivity contribution < 1.29 is 27.8 Å². The first kappa shape index (κ1) is 22.1. The molecule has 7 nitrogen and oxygen atoms in total. The third kappa shape index (κ3) is 4.79. The van der Waals surface area contributed by atoms with Crippen LogP contribution in [-0.2, 0) is 37.2 Å². The number of hydrogen-bond acceptors (Lipinski definition) is 7. The van der Waals surface area contributed by atoms with E-state index in [2.05, 4.69) is 38.8 Å². The summed E-state index contributed by atoms with van der Waals surface area (Å²) in [4.78, 5) is 4.41. The highest BCUT2D eigenvalue weighted by atomic mass is 32.2. The van der Waals surface area contributed by atoms with E-state index in [9.17, 15) is 13.9 Å². The standard InChI is InChI=1S/C16H29NO6S2Si/c1-14(2,3)26(6,7)23-8-11-12(25(19)20)24-13(17-11)16(18)9-21-15(4,5)22-10-16/h18H,8-10H2,1-7H3,(H,19,20). The average molecular weight is 424 g/mol. The molecule has 0 aromatic carbocycles. The molecule has 0 amide bonds. The van der Waals surface area contributed by atoms with E-state index in [1.165, 1.54) is 0 Å². The molecule has 1 aromatic heterocycles. The predicted octanol–water partition coefficient (Wildman–Crippen LogP) is 3.22. The summed E-state index contributed by atoms with van der Waals surface area (Å²) >= 11 is -1.21. The summed E-state index contributed by atoms with van der Waals surface area (Å²) in [6.07, 6.45) is 0. The van der Waals surface area contributed by atoms with Gasteiger partial charge in [-0.2, -0.15) is 0 Å². The quantitative estimate of drug-likeness (QED) is 0.554. The van der Waals surface area contributed by atoms with Crippen molar-refractivity contribution in [1.29, 1.82) is 0 Å². The molecular weight excluding hydrogens is 394 g/mol. The van der Waals surface area contributed by atoms with E-state index in [-0.39, 0.29) is 29.1 Å². The molecule has 10 heteroatoms. The third-order valence-corrected chi connectivity index (χ3v) is 11.7. The lowest BCUT2D eigenvalue weighted by atomic mass is 10.1. The number of thiazole rings is 1. The number of nitrogens with zero attached hydrogens (tertiary/aromatic N) is 1. The molecule has 0 radical (unpaired) electrons. The van der Waals surface area contributed by atoms with Gasteiger partial charge >= 0.3 is 0 Å². The van der Waals surface area contributed by atoms with E-state index in [4.69, 9.17) is 13.9 Å². The Balaban J connectivity index is 2.25. The van der Waals surface area contributed by atoms with Crippen LogP contribution in [-0.4, -0.2) is 46.2 Å². The lowest BCUT2D eigenvalue weighted by Crippen LogP contribution is -2.49. The van der Waals surface area contributed by atoms with Crippen LogP contribution >= 0.6 is 11.3 Å². The van der Waals surface area contributed by atoms with E-state index >= 15 is 0 Å². The zero-order valence-corrected chi connectivity index (χ0v) is 19.0. The van der Waals surface area contributed by atoms with Gasteiger partial charge in [-0.15, -0.1) is 11.3 Å². The van der Waals surface area contributed by atoms with Crippen LogP contribution in [0.1, 0.15) is 45.3 Å². The van der Waals surface area contributed by atoms with Crippen molar-refractivity contribution in [3.05, 3.63) is 10.7 Å². The minimum atomic E-state index is -2.21. The molecule has 0 bridgehead atoms. The highest BCUT2D eigenvalue weighted by Gasteiger charge is 2.43. The van der Waals surface area contributed by atoms with Crippen molar-refractivity contribution in [2.24, 2.45) is 0 Å². The van der Waals surface area contributed by atoms with E-state index in [1.54, 1.807) is 13.8 Å². The number of rotatable bonds is 5. The maximum Gasteiger partial charge on any atom is 0.198 e. The summed E-state index contributed by atoms with van der Waals surface area (Å²) in [5.41, 5.74) is -1.06. The summed E-state index contributed by atoms with van der Waals surface area (Å²) in [5.74, 6) is -0.777. The van der Waals surface area contributed by atoms with Crippen molar-refractivity contribution in [3.8, 4) is 0 Å². The molecule has 0 aliphatic carbocycles. The summed E-state index contributed by atoms with van der Waals surface area (Å²) in [7, 11) is -2.04. The Morgan fingerprint density at radius 3 is 2.31 bits per heavy atom. The Hall–Kier alpha value is -0.203. The smallest absolute Gasteiger partial charge is 0.198 e. The van der Waals surface area contributed by atoms with Gasteiger partial charge in [-0.05, 0) is 32.0 Å². The normalized spacial score (nSPS) is 21.6. The van der Waals surface area contributed by atoms with Crippen molar-refractivity contribution in [1.82, 2.24) is 4.98 Å². The number of aliphatic hydroxyl groups is 1. The molecule has 2 N–H and O–H groups in total. The fraction of sp³-hybridized carbons (Fsp3) is 0.812. The summed E-state index contributed by atoms with van der Waals surface area (Å²) in [6.45, 7) is 14.3. The van der Waals surface area contributed by atoms with Crippen molar-refractivity contribution in [2.45, 2.75) is 75.0 Å². The predicted molar refractivity (Wildman–Crippen MR) is 103 cm³/mol. The van der Waals surface area contributed by atoms with Crippen LogP contribution in [0.25, 0.3) is 0 Å². The number of aromatic nitrogens is 1. The molecule has 2 heterocycles. The van der Waals surface area contributed by atoms with Crippen molar-refractivity contribution in [2.75, 3.05) is 13.2 Å². The second-order valence-corrected chi connectivity index (χ2v) is 15.5. The van der Waals surface area contributed by atoms with Crippen LogP contribution in [0.15, 0.2) is 4.21 Å². The molecular formula is C16H29NO6S2Si. The first-order valence-corrected chi connectivity index (χ1v) is 13.3. The third-order valence-electron chi connectivity index (χ3n) is 4.91. The van der Waals surface area contributed by atoms with Crippen LogP contribution in [0.3, 0.4) is 0 Å². The van der Waals surface area contributed by atoms with E-state index in [0.29, 0.717) is 10.7 Å². The lowest BCUT2D eigenvalue weighted by molar-refractivity contribution is -0.304. The number of hydrogen-bond donors (Lipinski definition) is 2. The zero-order valence-electron chi connectivity index (χ0n) is 16.4. The van der Waals surface area contributed by atoms with Gasteiger partial charge in [0.15, 0.2) is 30.8 Å². The largest absolute Gasteiger partial charge is 0.411 e. The van der Waals surface area contributed by atoms with Gasteiger partial charge in [0.1, 0.15) is 9.22 Å². The van der Waals surface area contributed by atoms with Gasteiger partial charge in [0.2, 0.25) is 0 Å². The van der Waals surface area contributed by atoms with E-state index in [0.717, 1.165) is 11.3 Å². The Morgan fingerprint density at radius 1 is 1.31 bits per heavy atom. The molecule has 2 rings (SSSR count). The van der Waals surface area contributed by atoms with Gasteiger partial charge in [-0.3, -0.25) is 0 Å². The molecule has 0 spiro atoms. The molecule has 0 saturated carbocycles. The molecule has 26 heavy (non-hydrogen) atoms. The molecule has 1 unspecified atom stereocenters. The Morgan fingerprint density at radius 2 is 1.85 bits per heavy atom. The highest BCUT2D eigenvalue weighted by molar-refractivity contribution is 7.81. The maximum absolute atomic E-state index is 11.7. The van der Waals surface area contributed by atoms with Crippen LogP contribution in [0.2, 0.25) is 18.1 Å². The van der Waals surface area contributed by atoms with Crippen LogP contribution in [0.4, 0.5) is 0 Å². The average Bonchev–Trinajstić information content (AvgIpc) is 2.93. The van der Waals surface area contributed by atoms with Gasteiger partial charge in [0.05, 0.1) is 25.5 Å². The molecule has 1 fully saturated rings. The first-order chi connectivity index (χ1) is 11.7. The van der Waals surface area contributed by atoms with E-state index in [1.807, 2.05) is 0 Å². The van der Waals surface area contributed by atoms with Gasteiger partial charge in [0, 0.05) is 0 Å². The molecule has 1 aliphatic heterocycles. The second kappa shape index (κ2) is 7.32. The van der Waals surface area contributed by atoms with Crippen LogP contribution in [0, 0.1) is 0 Å². The van der Waals surface area contributed by atoms with Crippen molar-refractivity contribution in [3.63, 3.8) is 0 Å². The van der Waals surface area contributed by atoms with Gasteiger partial charge in [-0.25, -0.2) is 9.19 Å². The topological polar surface area (TPSA) is 98.1 Å². The minimum Gasteiger partial charge on any atom is -0.411 e.